The number of amides is 1. The lowest BCUT2D eigenvalue weighted by atomic mass is 10.1. The summed E-state index contributed by atoms with van der Waals surface area (Å²) in [5.41, 5.74) is 2.73. The Morgan fingerprint density at radius 3 is 2.59 bits per heavy atom. The van der Waals surface area contributed by atoms with E-state index in [0.717, 1.165) is 16.9 Å². The van der Waals surface area contributed by atoms with Gasteiger partial charge in [0, 0.05) is 19.2 Å². The highest BCUT2D eigenvalue weighted by Crippen LogP contribution is 2.36. The molecule has 2 aromatic carbocycles. The molecule has 0 radical (unpaired) electrons. The summed E-state index contributed by atoms with van der Waals surface area (Å²) >= 11 is 7.38. The molecular formula is C22H25ClN4O4S. The molecular weight excluding hydrogens is 452 g/mol. The van der Waals surface area contributed by atoms with Crippen molar-refractivity contribution in [3.05, 3.63) is 52.3 Å². The highest BCUT2D eigenvalue weighted by Gasteiger charge is 2.15. The molecule has 0 aliphatic rings. The van der Waals surface area contributed by atoms with Crippen LogP contribution in [-0.2, 0) is 18.4 Å². The van der Waals surface area contributed by atoms with Gasteiger partial charge in [-0.1, -0.05) is 35.5 Å². The maximum atomic E-state index is 12.5. The molecule has 32 heavy (non-hydrogen) atoms. The quantitative estimate of drug-likeness (QED) is 0.457. The zero-order chi connectivity index (χ0) is 23.3. The van der Waals surface area contributed by atoms with Gasteiger partial charge in [-0.2, -0.15) is 0 Å². The number of methoxy groups -OCH3 is 2. The summed E-state index contributed by atoms with van der Waals surface area (Å²) in [7, 11) is 4.85. The van der Waals surface area contributed by atoms with E-state index < -0.39 is 0 Å². The normalized spacial score (nSPS) is 10.7. The Morgan fingerprint density at radius 1 is 1.12 bits per heavy atom. The summed E-state index contributed by atoms with van der Waals surface area (Å²) in [6, 6.07) is 9.14. The second-order valence-corrected chi connectivity index (χ2v) is 8.32. The van der Waals surface area contributed by atoms with Gasteiger partial charge < -0.3 is 24.1 Å². The van der Waals surface area contributed by atoms with Crippen molar-refractivity contribution in [2.24, 2.45) is 7.05 Å². The van der Waals surface area contributed by atoms with Crippen molar-refractivity contribution in [2.75, 3.05) is 25.3 Å². The van der Waals surface area contributed by atoms with E-state index in [-0.39, 0.29) is 18.3 Å². The number of benzene rings is 2. The number of carbonyl (C=O) groups excluding carboxylic acids is 1. The van der Waals surface area contributed by atoms with Gasteiger partial charge in [-0.05, 0) is 31.0 Å². The third-order valence-electron chi connectivity index (χ3n) is 4.92. The van der Waals surface area contributed by atoms with Crippen LogP contribution in [0.4, 0.5) is 5.69 Å². The lowest BCUT2D eigenvalue weighted by Crippen LogP contribution is -2.15. The van der Waals surface area contributed by atoms with Crippen molar-refractivity contribution in [2.45, 2.75) is 25.6 Å². The molecule has 1 aromatic heterocycles. The van der Waals surface area contributed by atoms with Gasteiger partial charge in [0.05, 0.1) is 30.7 Å². The van der Waals surface area contributed by atoms with Crippen LogP contribution in [0.3, 0.4) is 0 Å². The molecule has 10 heteroatoms. The number of nitrogens with zero attached hydrogens (tertiary/aromatic N) is 3. The maximum absolute atomic E-state index is 12.5. The molecule has 0 fully saturated rings. The van der Waals surface area contributed by atoms with Crippen LogP contribution >= 0.6 is 23.4 Å². The number of halogens is 1. The Labute approximate surface area is 196 Å². The Morgan fingerprint density at radius 2 is 1.88 bits per heavy atom. The minimum atomic E-state index is -0.228. The first-order valence-corrected chi connectivity index (χ1v) is 11.1. The summed E-state index contributed by atoms with van der Waals surface area (Å²) in [5.74, 6) is 2.27. The molecule has 0 spiro atoms. The molecule has 170 valence electrons. The van der Waals surface area contributed by atoms with E-state index in [9.17, 15) is 4.79 Å². The standard InChI is InChI=1S/C22H25ClN4O4S/c1-13-7-6-8-17(14(13)2)31-11-20-25-26-22(27(20)3)32-12-21(28)24-16-10-18(29-4)15(23)9-19(16)30-5/h6-10H,11-12H2,1-5H3,(H,24,28). The van der Waals surface area contributed by atoms with Crippen LogP contribution in [0.15, 0.2) is 35.5 Å². The highest BCUT2D eigenvalue weighted by molar-refractivity contribution is 7.99. The third-order valence-corrected chi connectivity index (χ3v) is 6.23. The first-order valence-electron chi connectivity index (χ1n) is 9.75. The number of anilines is 1. The van der Waals surface area contributed by atoms with Gasteiger partial charge in [-0.3, -0.25) is 4.79 Å². The zero-order valence-electron chi connectivity index (χ0n) is 18.6. The smallest absolute Gasteiger partial charge is 0.234 e. The van der Waals surface area contributed by atoms with Gasteiger partial charge in [0.15, 0.2) is 11.0 Å². The van der Waals surface area contributed by atoms with Crippen molar-refractivity contribution >= 4 is 35.0 Å². The van der Waals surface area contributed by atoms with Gasteiger partial charge in [-0.25, -0.2) is 0 Å². The molecule has 0 unspecified atom stereocenters. The number of aromatic nitrogens is 3. The van der Waals surface area contributed by atoms with E-state index in [1.165, 1.54) is 26.0 Å². The predicted molar refractivity (Wildman–Crippen MR) is 125 cm³/mol. The van der Waals surface area contributed by atoms with Crippen LogP contribution in [0.2, 0.25) is 5.02 Å². The number of ether oxygens (including phenoxy) is 3. The van der Waals surface area contributed by atoms with E-state index in [0.29, 0.717) is 33.2 Å². The van der Waals surface area contributed by atoms with Crippen LogP contribution in [0.1, 0.15) is 17.0 Å². The first kappa shape index (κ1) is 23.7. The summed E-state index contributed by atoms with van der Waals surface area (Å²) in [5, 5.41) is 12.2. The van der Waals surface area contributed by atoms with Crippen molar-refractivity contribution < 1.29 is 19.0 Å². The number of carbonyl (C=O) groups is 1. The zero-order valence-corrected chi connectivity index (χ0v) is 20.1. The van der Waals surface area contributed by atoms with Crippen molar-refractivity contribution in [1.82, 2.24) is 14.8 Å². The van der Waals surface area contributed by atoms with E-state index in [2.05, 4.69) is 15.5 Å². The predicted octanol–water partition coefficient (Wildman–Crippen LogP) is 4.41. The molecule has 0 aliphatic carbocycles. The molecule has 0 atom stereocenters. The van der Waals surface area contributed by atoms with E-state index in [4.69, 9.17) is 25.8 Å². The lowest BCUT2D eigenvalue weighted by Gasteiger charge is -2.13. The largest absolute Gasteiger partial charge is 0.495 e. The van der Waals surface area contributed by atoms with Crippen molar-refractivity contribution in [3.8, 4) is 17.2 Å². The Bertz CT molecular complexity index is 1120. The van der Waals surface area contributed by atoms with Crippen LogP contribution in [-0.4, -0.2) is 40.6 Å². The van der Waals surface area contributed by atoms with Gasteiger partial charge in [0.2, 0.25) is 5.91 Å². The van der Waals surface area contributed by atoms with Gasteiger partial charge in [-0.15, -0.1) is 10.2 Å². The number of thioether (sulfide) groups is 1. The number of nitrogens with one attached hydrogen (secondary N) is 1. The van der Waals surface area contributed by atoms with E-state index >= 15 is 0 Å². The minimum absolute atomic E-state index is 0.137. The second kappa shape index (κ2) is 10.6. The molecule has 1 amide bonds. The maximum Gasteiger partial charge on any atom is 0.234 e. The molecule has 8 nitrogen and oxygen atoms in total. The van der Waals surface area contributed by atoms with E-state index in [1.807, 2.05) is 43.7 Å². The Balaban J connectivity index is 1.60. The lowest BCUT2D eigenvalue weighted by molar-refractivity contribution is -0.113. The molecule has 0 saturated carbocycles. The van der Waals surface area contributed by atoms with Crippen LogP contribution in [0.25, 0.3) is 0 Å². The summed E-state index contributed by atoms with van der Waals surface area (Å²) < 4.78 is 18.2. The molecule has 0 aliphatic heterocycles. The highest BCUT2D eigenvalue weighted by atomic mass is 35.5. The topological polar surface area (TPSA) is 87.5 Å². The monoisotopic (exact) mass is 476 g/mol. The molecule has 0 bridgehead atoms. The summed E-state index contributed by atoms with van der Waals surface area (Å²) in [6.45, 7) is 4.34. The van der Waals surface area contributed by atoms with Gasteiger partial charge >= 0.3 is 0 Å². The van der Waals surface area contributed by atoms with Crippen molar-refractivity contribution in [1.29, 1.82) is 0 Å². The number of rotatable bonds is 9. The Hall–Kier alpha value is -2.91. The SMILES string of the molecule is COc1cc(NC(=O)CSc2nnc(COc3cccc(C)c3C)n2C)c(OC)cc1Cl. The minimum Gasteiger partial charge on any atom is -0.495 e. The molecule has 3 aromatic rings. The number of aryl methyl sites for hydroxylation is 1. The first-order chi connectivity index (χ1) is 15.3. The van der Waals surface area contributed by atoms with Crippen LogP contribution < -0.4 is 19.5 Å². The van der Waals surface area contributed by atoms with E-state index in [1.54, 1.807) is 12.1 Å². The fourth-order valence-corrected chi connectivity index (χ4v) is 3.85. The van der Waals surface area contributed by atoms with Crippen LogP contribution in [0.5, 0.6) is 17.2 Å². The average Bonchev–Trinajstić information content (AvgIpc) is 3.13. The average molecular weight is 477 g/mol. The summed E-state index contributed by atoms with van der Waals surface area (Å²) in [4.78, 5) is 12.5. The van der Waals surface area contributed by atoms with Gasteiger partial charge in [0.25, 0.3) is 0 Å². The molecule has 0 saturated heterocycles. The molecule has 1 heterocycles. The number of hydrogen-bond acceptors (Lipinski definition) is 7. The second-order valence-electron chi connectivity index (χ2n) is 6.97. The Kier molecular flexibility index (Phi) is 7.87. The van der Waals surface area contributed by atoms with Crippen molar-refractivity contribution in [3.63, 3.8) is 0 Å². The number of hydrogen-bond donors (Lipinski definition) is 1. The molecule has 1 N–H and O–H groups in total. The van der Waals surface area contributed by atoms with Gasteiger partial charge in [0.1, 0.15) is 23.9 Å². The summed E-state index contributed by atoms with van der Waals surface area (Å²) in [6.07, 6.45) is 0. The molecule has 3 rings (SSSR count). The fourth-order valence-electron chi connectivity index (χ4n) is 2.89. The third kappa shape index (κ3) is 5.46. The van der Waals surface area contributed by atoms with Crippen LogP contribution in [0, 0.1) is 13.8 Å². The fraction of sp³-hybridized carbons (Fsp3) is 0.318.